The normalized spacial score (nSPS) is 11.5. The minimum atomic E-state index is 0.296. The number of oxime groups is 1. The van der Waals surface area contributed by atoms with E-state index >= 15 is 0 Å². The van der Waals surface area contributed by atoms with E-state index in [0.717, 1.165) is 29.5 Å². The largest absolute Gasteiger partial charge is 0.409 e. The zero-order chi connectivity index (χ0) is 12.7. The summed E-state index contributed by atoms with van der Waals surface area (Å²) >= 11 is 3.43. The SMILES string of the molecule is Cc1cc(Br)ccc1NCCCCC(N)=NO. The highest BCUT2D eigenvalue weighted by Crippen LogP contribution is 2.19. The van der Waals surface area contributed by atoms with E-state index in [4.69, 9.17) is 10.9 Å². The van der Waals surface area contributed by atoms with Crippen LogP contribution in [0.1, 0.15) is 24.8 Å². The van der Waals surface area contributed by atoms with Crippen molar-refractivity contribution in [2.45, 2.75) is 26.2 Å². The van der Waals surface area contributed by atoms with Crippen molar-refractivity contribution < 1.29 is 5.21 Å². The number of benzene rings is 1. The van der Waals surface area contributed by atoms with E-state index in [9.17, 15) is 0 Å². The van der Waals surface area contributed by atoms with Gasteiger partial charge in [0.25, 0.3) is 0 Å². The molecule has 0 aliphatic carbocycles. The first kappa shape index (κ1) is 13.8. The van der Waals surface area contributed by atoms with Crippen LogP contribution in [0.4, 0.5) is 5.69 Å². The minimum Gasteiger partial charge on any atom is -0.409 e. The standard InChI is InChI=1S/C12H18BrN3O/c1-9-8-10(13)5-6-11(9)15-7-3-2-4-12(14)16-17/h5-6,8,15,17H,2-4,7H2,1H3,(H2,14,16). The molecule has 0 fully saturated rings. The highest BCUT2D eigenvalue weighted by Gasteiger charge is 1.98. The number of anilines is 1. The Morgan fingerprint density at radius 3 is 2.88 bits per heavy atom. The third-order valence-electron chi connectivity index (χ3n) is 2.49. The van der Waals surface area contributed by atoms with Crippen LogP contribution in [0.15, 0.2) is 27.8 Å². The average Bonchev–Trinajstić information content (AvgIpc) is 2.30. The van der Waals surface area contributed by atoms with Crippen LogP contribution in [0.5, 0.6) is 0 Å². The number of nitrogens with one attached hydrogen (secondary N) is 1. The predicted molar refractivity (Wildman–Crippen MR) is 74.6 cm³/mol. The fourth-order valence-corrected chi connectivity index (χ4v) is 2.01. The highest BCUT2D eigenvalue weighted by atomic mass is 79.9. The maximum absolute atomic E-state index is 8.37. The summed E-state index contributed by atoms with van der Waals surface area (Å²) < 4.78 is 1.09. The first-order chi connectivity index (χ1) is 8.13. The van der Waals surface area contributed by atoms with Crippen LogP contribution in [-0.4, -0.2) is 17.6 Å². The number of nitrogens with zero attached hydrogens (tertiary/aromatic N) is 1. The fraction of sp³-hybridized carbons (Fsp3) is 0.417. The molecule has 4 N–H and O–H groups in total. The summed E-state index contributed by atoms with van der Waals surface area (Å²) in [5.74, 6) is 0.296. The van der Waals surface area contributed by atoms with E-state index in [1.807, 2.05) is 6.07 Å². The first-order valence-corrected chi connectivity index (χ1v) is 6.39. The summed E-state index contributed by atoms with van der Waals surface area (Å²) in [6.45, 7) is 2.96. The molecular formula is C12H18BrN3O. The van der Waals surface area contributed by atoms with Gasteiger partial charge in [0.1, 0.15) is 5.84 Å². The fourth-order valence-electron chi connectivity index (χ4n) is 1.53. The Morgan fingerprint density at radius 1 is 1.47 bits per heavy atom. The molecule has 0 radical (unpaired) electrons. The highest BCUT2D eigenvalue weighted by molar-refractivity contribution is 9.10. The van der Waals surface area contributed by atoms with Crippen LogP contribution in [0.25, 0.3) is 0 Å². The zero-order valence-electron chi connectivity index (χ0n) is 9.91. The smallest absolute Gasteiger partial charge is 0.139 e. The van der Waals surface area contributed by atoms with Gasteiger partial charge in [0.05, 0.1) is 0 Å². The summed E-state index contributed by atoms with van der Waals surface area (Å²) in [6, 6.07) is 6.16. The quantitative estimate of drug-likeness (QED) is 0.248. The molecule has 0 amide bonds. The zero-order valence-corrected chi connectivity index (χ0v) is 11.5. The van der Waals surface area contributed by atoms with Crippen molar-refractivity contribution in [1.82, 2.24) is 0 Å². The monoisotopic (exact) mass is 299 g/mol. The van der Waals surface area contributed by atoms with Gasteiger partial charge >= 0.3 is 0 Å². The van der Waals surface area contributed by atoms with Crippen LogP contribution in [0.3, 0.4) is 0 Å². The predicted octanol–water partition coefficient (Wildman–Crippen LogP) is 3.09. The Balaban J connectivity index is 2.27. The average molecular weight is 300 g/mol. The molecule has 0 heterocycles. The van der Waals surface area contributed by atoms with Crippen molar-refractivity contribution in [3.05, 3.63) is 28.2 Å². The Kier molecular flexibility index (Phi) is 5.83. The summed E-state index contributed by atoms with van der Waals surface area (Å²) in [7, 11) is 0. The van der Waals surface area contributed by atoms with E-state index in [2.05, 4.69) is 45.5 Å². The topological polar surface area (TPSA) is 70.6 Å². The molecule has 5 heteroatoms. The molecule has 0 spiro atoms. The number of unbranched alkanes of at least 4 members (excludes halogenated alkanes) is 1. The third-order valence-corrected chi connectivity index (χ3v) is 2.99. The molecule has 1 aromatic carbocycles. The number of aryl methyl sites for hydroxylation is 1. The van der Waals surface area contributed by atoms with E-state index in [-0.39, 0.29) is 0 Å². The van der Waals surface area contributed by atoms with Crippen LogP contribution in [0, 0.1) is 6.92 Å². The molecule has 17 heavy (non-hydrogen) atoms. The van der Waals surface area contributed by atoms with Gasteiger partial charge in [0.2, 0.25) is 0 Å². The molecule has 1 aromatic rings. The number of nitrogens with two attached hydrogens (primary N) is 1. The number of hydrogen-bond donors (Lipinski definition) is 3. The summed E-state index contributed by atoms with van der Waals surface area (Å²) in [5.41, 5.74) is 7.75. The van der Waals surface area contributed by atoms with Crippen LogP contribution < -0.4 is 11.1 Å². The van der Waals surface area contributed by atoms with Crippen molar-refractivity contribution in [2.24, 2.45) is 10.9 Å². The van der Waals surface area contributed by atoms with Gasteiger partial charge in [-0.1, -0.05) is 21.1 Å². The second kappa shape index (κ2) is 7.17. The Bertz CT molecular complexity index is 393. The van der Waals surface area contributed by atoms with Crippen molar-refractivity contribution in [3.8, 4) is 0 Å². The molecular weight excluding hydrogens is 282 g/mol. The van der Waals surface area contributed by atoms with E-state index < -0.39 is 0 Å². The van der Waals surface area contributed by atoms with Gasteiger partial charge in [0, 0.05) is 23.1 Å². The van der Waals surface area contributed by atoms with Gasteiger partial charge in [-0.05, 0) is 43.5 Å². The summed E-state index contributed by atoms with van der Waals surface area (Å²) in [6.07, 6.45) is 2.54. The molecule has 0 aliphatic heterocycles. The molecule has 0 saturated carbocycles. The molecule has 0 bridgehead atoms. The molecule has 0 saturated heterocycles. The van der Waals surface area contributed by atoms with Crippen molar-refractivity contribution in [1.29, 1.82) is 0 Å². The summed E-state index contributed by atoms with van der Waals surface area (Å²) in [5, 5.41) is 14.7. The van der Waals surface area contributed by atoms with Crippen LogP contribution >= 0.6 is 15.9 Å². The van der Waals surface area contributed by atoms with Crippen molar-refractivity contribution in [3.63, 3.8) is 0 Å². The van der Waals surface area contributed by atoms with Gasteiger partial charge in [-0.15, -0.1) is 0 Å². The lowest BCUT2D eigenvalue weighted by molar-refractivity contribution is 0.316. The molecule has 0 aromatic heterocycles. The Morgan fingerprint density at radius 2 is 2.24 bits per heavy atom. The molecule has 0 unspecified atom stereocenters. The molecule has 0 atom stereocenters. The van der Waals surface area contributed by atoms with Crippen molar-refractivity contribution >= 4 is 27.5 Å². The number of amidine groups is 1. The minimum absolute atomic E-state index is 0.296. The number of hydrogen-bond acceptors (Lipinski definition) is 3. The van der Waals surface area contributed by atoms with Gasteiger partial charge in [0.15, 0.2) is 0 Å². The van der Waals surface area contributed by atoms with Crippen LogP contribution in [0.2, 0.25) is 0 Å². The summed E-state index contributed by atoms with van der Waals surface area (Å²) in [4.78, 5) is 0. The third kappa shape index (κ3) is 5.08. The lowest BCUT2D eigenvalue weighted by atomic mass is 10.2. The Labute approximate surface area is 110 Å². The molecule has 94 valence electrons. The van der Waals surface area contributed by atoms with Gasteiger partial charge < -0.3 is 16.3 Å². The van der Waals surface area contributed by atoms with Gasteiger partial charge in [-0.25, -0.2) is 0 Å². The first-order valence-electron chi connectivity index (χ1n) is 5.60. The van der Waals surface area contributed by atoms with Gasteiger partial charge in [-0.2, -0.15) is 0 Å². The van der Waals surface area contributed by atoms with Gasteiger partial charge in [-0.3, -0.25) is 0 Å². The second-order valence-electron chi connectivity index (χ2n) is 3.93. The second-order valence-corrected chi connectivity index (χ2v) is 4.85. The van der Waals surface area contributed by atoms with Crippen LogP contribution in [-0.2, 0) is 0 Å². The molecule has 4 nitrogen and oxygen atoms in total. The van der Waals surface area contributed by atoms with E-state index in [1.54, 1.807) is 0 Å². The lowest BCUT2D eigenvalue weighted by Gasteiger charge is -2.09. The number of rotatable bonds is 6. The molecule has 1 rings (SSSR count). The van der Waals surface area contributed by atoms with Crippen molar-refractivity contribution in [2.75, 3.05) is 11.9 Å². The molecule has 0 aliphatic rings. The number of halogens is 1. The maximum atomic E-state index is 8.37. The van der Waals surface area contributed by atoms with E-state index in [1.165, 1.54) is 5.56 Å². The van der Waals surface area contributed by atoms with E-state index in [0.29, 0.717) is 12.3 Å². The Hall–Kier alpha value is -1.23. The maximum Gasteiger partial charge on any atom is 0.139 e. The lowest BCUT2D eigenvalue weighted by Crippen LogP contribution is -2.12.